The first-order valence-electron chi connectivity index (χ1n) is 2.11. The Morgan fingerprint density at radius 2 is 2.33 bits per heavy atom. The van der Waals surface area contributed by atoms with Crippen molar-refractivity contribution in [2.75, 3.05) is 6.61 Å². The maximum Gasteiger partial charge on any atom is 0.521 e. The van der Waals surface area contributed by atoms with Crippen LogP contribution < -0.4 is 0 Å². The van der Waals surface area contributed by atoms with Crippen LogP contribution in [-0.4, -0.2) is 21.5 Å². The first-order chi connectivity index (χ1) is 4.16. The van der Waals surface area contributed by atoms with Crippen molar-refractivity contribution in [3.05, 3.63) is 0 Å². The van der Waals surface area contributed by atoms with Crippen molar-refractivity contribution < 1.29 is 22.5 Å². The smallest absolute Gasteiger partial charge is 0.521 e. The van der Waals surface area contributed by atoms with Gasteiger partial charge in [-0.15, -0.1) is 0 Å². The predicted molar refractivity (Wildman–Crippen MR) is 27.0 cm³/mol. The molecular formula is C3H5O5S-. The number of ether oxygens (including phenoxy) is 1. The Labute approximate surface area is 54.4 Å². The number of hydrogen-bond donors (Lipinski definition) is 0. The van der Waals surface area contributed by atoms with Gasteiger partial charge in [-0.05, 0) is 6.92 Å². The molecule has 0 aliphatic rings. The van der Waals surface area contributed by atoms with Crippen LogP contribution in [0.5, 0.6) is 0 Å². The van der Waals surface area contributed by atoms with Crippen LogP contribution in [0.1, 0.15) is 6.92 Å². The lowest BCUT2D eigenvalue weighted by Crippen LogP contribution is -2.08. The lowest BCUT2D eigenvalue weighted by atomic mass is 10.9. The van der Waals surface area contributed by atoms with Gasteiger partial charge in [0.1, 0.15) is 11.4 Å². The Morgan fingerprint density at radius 1 is 1.78 bits per heavy atom. The molecular weight excluding hydrogens is 148 g/mol. The van der Waals surface area contributed by atoms with Crippen LogP contribution in [0.3, 0.4) is 0 Å². The van der Waals surface area contributed by atoms with Gasteiger partial charge in [-0.1, -0.05) is 0 Å². The molecule has 0 aromatic carbocycles. The van der Waals surface area contributed by atoms with Gasteiger partial charge in [0.15, 0.2) is 0 Å². The summed E-state index contributed by atoms with van der Waals surface area (Å²) in [5.41, 5.74) is 0. The molecule has 6 heteroatoms. The molecule has 54 valence electrons. The summed E-state index contributed by atoms with van der Waals surface area (Å²) in [6.07, 6.45) is -1.20. The van der Waals surface area contributed by atoms with Crippen molar-refractivity contribution in [3.63, 3.8) is 0 Å². The van der Waals surface area contributed by atoms with E-state index in [1.165, 1.54) is 6.92 Å². The summed E-state index contributed by atoms with van der Waals surface area (Å²) in [7, 11) is 0. The molecule has 0 amide bonds. The summed E-state index contributed by atoms with van der Waals surface area (Å²) in [6, 6.07) is 0. The Morgan fingerprint density at radius 3 is 2.67 bits per heavy atom. The zero-order valence-corrected chi connectivity index (χ0v) is 5.47. The fraction of sp³-hybridized carbons (Fsp3) is 0.667. The molecule has 0 aromatic rings. The Balaban J connectivity index is 3.39. The van der Waals surface area contributed by atoms with E-state index in [4.69, 9.17) is 0 Å². The van der Waals surface area contributed by atoms with Crippen LogP contribution in [0.4, 0.5) is 4.79 Å². The van der Waals surface area contributed by atoms with E-state index in [-0.39, 0.29) is 6.61 Å². The van der Waals surface area contributed by atoms with Crippen LogP contribution in [0, 0.1) is 0 Å². The molecule has 0 aromatic heterocycles. The molecule has 0 rings (SSSR count). The molecule has 0 saturated carbocycles. The summed E-state index contributed by atoms with van der Waals surface area (Å²) in [4.78, 5) is 10.0. The highest BCUT2D eigenvalue weighted by molar-refractivity contribution is 7.74. The largest absolute Gasteiger partial charge is 0.740 e. The normalized spacial score (nSPS) is 12.2. The van der Waals surface area contributed by atoms with E-state index in [0.717, 1.165) is 0 Å². The standard InChI is InChI=1S/C3H6O5S/c1-2-7-3(4)8-9(5)6/h2H2,1H3,(H,5,6)/p-1. The minimum atomic E-state index is -2.82. The van der Waals surface area contributed by atoms with Crippen LogP contribution in [0.2, 0.25) is 0 Å². The van der Waals surface area contributed by atoms with Crippen LogP contribution >= 0.6 is 0 Å². The molecule has 0 fully saturated rings. The topological polar surface area (TPSA) is 75.7 Å². The average molecular weight is 153 g/mol. The van der Waals surface area contributed by atoms with Crippen molar-refractivity contribution in [1.82, 2.24) is 0 Å². The second-order valence-corrected chi connectivity index (χ2v) is 1.55. The predicted octanol–water partition coefficient (Wildman–Crippen LogP) is -0.0464. The zero-order chi connectivity index (χ0) is 7.28. The molecule has 0 aliphatic carbocycles. The van der Waals surface area contributed by atoms with Crippen molar-refractivity contribution in [2.45, 2.75) is 6.92 Å². The van der Waals surface area contributed by atoms with Gasteiger partial charge in [-0.25, -0.2) is 9.00 Å². The van der Waals surface area contributed by atoms with E-state index in [9.17, 15) is 13.6 Å². The number of carbonyl (C=O) groups excluding carboxylic acids is 1. The van der Waals surface area contributed by atoms with Gasteiger partial charge in [0, 0.05) is 0 Å². The van der Waals surface area contributed by atoms with Crippen molar-refractivity contribution in [3.8, 4) is 0 Å². The maximum absolute atomic E-state index is 10.0. The highest BCUT2D eigenvalue weighted by atomic mass is 32.2. The second-order valence-electron chi connectivity index (χ2n) is 0.970. The van der Waals surface area contributed by atoms with E-state index in [1.807, 2.05) is 0 Å². The van der Waals surface area contributed by atoms with E-state index >= 15 is 0 Å². The van der Waals surface area contributed by atoms with E-state index in [2.05, 4.69) is 8.92 Å². The number of hydrogen-bond acceptors (Lipinski definition) is 5. The minimum Gasteiger partial charge on any atom is -0.740 e. The Kier molecular flexibility index (Phi) is 3.98. The SMILES string of the molecule is CCOC(=O)OS(=O)[O-]. The molecule has 9 heavy (non-hydrogen) atoms. The number of carbonyl (C=O) groups is 1. The first kappa shape index (κ1) is 8.38. The molecule has 1 atom stereocenters. The van der Waals surface area contributed by atoms with E-state index in [1.54, 1.807) is 0 Å². The van der Waals surface area contributed by atoms with Gasteiger partial charge in [0.05, 0.1) is 6.61 Å². The maximum atomic E-state index is 10.0. The van der Waals surface area contributed by atoms with Gasteiger partial charge in [0.25, 0.3) is 0 Å². The molecule has 0 saturated heterocycles. The Hall–Kier alpha value is -0.620. The van der Waals surface area contributed by atoms with Gasteiger partial charge >= 0.3 is 6.16 Å². The molecule has 0 heterocycles. The fourth-order valence-electron chi connectivity index (χ4n) is 0.197. The molecule has 1 unspecified atom stereocenters. The molecule has 0 radical (unpaired) electrons. The lowest BCUT2D eigenvalue weighted by molar-refractivity contribution is 0.105. The van der Waals surface area contributed by atoms with Crippen molar-refractivity contribution in [1.29, 1.82) is 0 Å². The third kappa shape index (κ3) is 5.25. The fourth-order valence-corrected chi connectivity index (χ4v) is 0.357. The number of rotatable bonds is 2. The quantitative estimate of drug-likeness (QED) is 0.410. The monoisotopic (exact) mass is 153 g/mol. The summed E-state index contributed by atoms with van der Waals surface area (Å²) in [5.74, 6) is 0. The van der Waals surface area contributed by atoms with Crippen molar-refractivity contribution in [2.24, 2.45) is 0 Å². The molecule has 0 spiro atoms. The van der Waals surface area contributed by atoms with Gasteiger partial charge in [-0.3, -0.25) is 0 Å². The highest BCUT2D eigenvalue weighted by Crippen LogP contribution is 1.85. The molecule has 0 N–H and O–H groups in total. The summed E-state index contributed by atoms with van der Waals surface area (Å²) >= 11 is -2.82. The Bertz CT molecular complexity index is 121. The second kappa shape index (κ2) is 4.28. The van der Waals surface area contributed by atoms with Crippen LogP contribution in [0.25, 0.3) is 0 Å². The molecule has 5 nitrogen and oxygen atoms in total. The van der Waals surface area contributed by atoms with Crippen LogP contribution in [-0.2, 0) is 20.3 Å². The van der Waals surface area contributed by atoms with Crippen molar-refractivity contribution >= 4 is 17.5 Å². The molecule has 0 aliphatic heterocycles. The zero-order valence-electron chi connectivity index (χ0n) is 4.66. The van der Waals surface area contributed by atoms with E-state index in [0.29, 0.717) is 0 Å². The third-order valence-corrected chi connectivity index (χ3v) is 0.670. The highest BCUT2D eigenvalue weighted by Gasteiger charge is 1.99. The average Bonchev–Trinajstić information content (AvgIpc) is 1.63. The molecule has 0 bridgehead atoms. The van der Waals surface area contributed by atoms with Crippen LogP contribution in [0.15, 0.2) is 0 Å². The first-order valence-corrected chi connectivity index (χ1v) is 3.11. The van der Waals surface area contributed by atoms with Gasteiger partial charge in [0.2, 0.25) is 0 Å². The lowest BCUT2D eigenvalue weighted by Gasteiger charge is -2.03. The van der Waals surface area contributed by atoms with Gasteiger partial charge < -0.3 is 13.5 Å². The van der Waals surface area contributed by atoms with Gasteiger partial charge in [-0.2, -0.15) is 0 Å². The minimum absolute atomic E-state index is 0.0933. The third-order valence-electron chi connectivity index (χ3n) is 0.398. The summed E-state index contributed by atoms with van der Waals surface area (Å²) in [6.45, 7) is 1.63. The summed E-state index contributed by atoms with van der Waals surface area (Å²) < 4.78 is 26.8. The summed E-state index contributed by atoms with van der Waals surface area (Å²) in [5, 5.41) is 0. The van der Waals surface area contributed by atoms with E-state index < -0.39 is 17.5 Å².